The van der Waals surface area contributed by atoms with Crippen LogP contribution in [0.2, 0.25) is 0 Å². The molecular formula is C6H14O5. The lowest BCUT2D eigenvalue weighted by atomic mass is 10.5. The van der Waals surface area contributed by atoms with Crippen molar-refractivity contribution in [3.8, 4) is 0 Å². The van der Waals surface area contributed by atoms with Crippen LogP contribution in [0, 0.1) is 0 Å². The van der Waals surface area contributed by atoms with Crippen molar-refractivity contribution in [3.63, 3.8) is 0 Å². The Morgan fingerprint density at radius 2 is 1.91 bits per heavy atom. The van der Waals surface area contributed by atoms with Crippen molar-refractivity contribution in [1.82, 2.24) is 0 Å². The van der Waals surface area contributed by atoms with E-state index in [1.54, 1.807) is 14.0 Å². The van der Waals surface area contributed by atoms with Crippen molar-refractivity contribution in [2.24, 2.45) is 0 Å². The summed E-state index contributed by atoms with van der Waals surface area (Å²) in [6, 6.07) is 0. The predicted octanol–water partition coefficient (Wildman–Crippen LogP) is 0.324. The first-order valence-electron chi connectivity index (χ1n) is 2.98. The summed E-state index contributed by atoms with van der Waals surface area (Å²) in [7, 11) is 2.66. The molecular weight excluding hydrogens is 152 g/mol. The Hall–Kier alpha value is -0.810. The minimum atomic E-state index is -1.25. The molecule has 0 spiro atoms. The van der Waals surface area contributed by atoms with Crippen LogP contribution < -0.4 is 0 Å². The average molecular weight is 166 g/mol. The molecule has 1 atom stereocenters. The summed E-state index contributed by atoms with van der Waals surface area (Å²) in [5.74, 6) is 0. The first-order chi connectivity index (χ1) is 5.04. The zero-order chi connectivity index (χ0) is 9.28. The molecule has 0 saturated heterocycles. The van der Waals surface area contributed by atoms with Gasteiger partial charge in [0.1, 0.15) is 0 Å². The van der Waals surface area contributed by atoms with Crippen molar-refractivity contribution in [2.75, 3.05) is 20.8 Å². The Balaban J connectivity index is 0. The van der Waals surface area contributed by atoms with Crippen molar-refractivity contribution in [1.29, 1.82) is 0 Å². The number of carbonyl (C=O) groups is 1. The molecule has 1 unspecified atom stereocenters. The first-order valence-corrected chi connectivity index (χ1v) is 2.98. The van der Waals surface area contributed by atoms with E-state index in [1.807, 2.05) is 0 Å². The maximum absolute atomic E-state index is 9.15. The maximum atomic E-state index is 9.15. The van der Waals surface area contributed by atoms with E-state index >= 15 is 0 Å². The molecule has 0 aliphatic carbocycles. The van der Waals surface area contributed by atoms with Crippen molar-refractivity contribution < 1.29 is 24.5 Å². The molecule has 0 saturated carbocycles. The quantitative estimate of drug-likeness (QED) is 0.578. The van der Waals surface area contributed by atoms with Gasteiger partial charge in [0.25, 0.3) is 0 Å². The predicted molar refractivity (Wildman–Crippen MR) is 38.6 cm³/mol. The van der Waals surface area contributed by atoms with Crippen molar-refractivity contribution >= 4 is 6.16 Å². The summed E-state index contributed by atoms with van der Waals surface area (Å²) in [4.78, 5) is 9.15. The van der Waals surface area contributed by atoms with Gasteiger partial charge in [-0.2, -0.15) is 0 Å². The fourth-order valence-corrected chi connectivity index (χ4v) is 0.241. The van der Waals surface area contributed by atoms with Crippen molar-refractivity contribution in [3.05, 3.63) is 0 Å². The molecule has 0 aliphatic heterocycles. The van der Waals surface area contributed by atoms with Crippen LogP contribution >= 0.6 is 0 Å². The van der Waals surface area contributed by atoms with Gasteiger partial charge in [0.15, 0.2) is 0 Å². The summed E-state index contributed by atoms with van der Waals surface area (Å²) in [6.07, 6.45) is -1.57. The topological polar surface area (TPSA) is 76.0 Å². The van der Waals surface area contributed by atoms with Gasteiger partial charge in [-0.25, -0.2) is 4.79 Å². The van der Waals surface area contributed by atoms with Gasteiger partial charge in [-0.1, -0.05) is 0 Å². The Kier molecular flexibility index (Phi) is 10.7. The average Bonchev–Trinajstić information content (AvgIpc) is 1.89. The Bertz CT molecular complexity index is 91.0. The Morgan fingerprint density at radius 1 is 1.55 bits per heavy atom. The Morgan fingerprint density at radius 3 is 1.91 bits per heavy atom. The highest BCUT2D eigenvalue weighted by Crippen LogP contribution is 1.75. The van der Waals surface area contributed by atoms with Crippen molar-refractivity contribution in [2.45, 2.75) is 13.0 Å². The van der Waals surface area contributed by atoms with Crippen LogP contribution in [0.25, 0.3) is 0 Å². The second-order valence-corrected chi connectivity index (χ2v) is 1.77. The third kappa shape index (κ3) is 27.1. The molecule has 0 heterocycles. The number of aliphatic hydroxyl groups excluding tert-OH is 1. The molecule has 5 heteroatoms. The van der Waals surface area contributed by atoms with Crippen LogP contribution in [0.5, 0.6) is 0 Å². The molecule has 0 aromatic rings. The fraction of sp³-hybridized carbons (Fsp3) is 0.833. The summed E-state index contributed by atoms with van der Waals surface area (Å²) in [5.41, 5.74) is 0. The maximum Gasteiger partial charge on any atom is 0.505 e. The molecule has 5 nitrogen and oxygen atoms in total. The third-order valence-corrected chi connectivity index (χ3v) is 0.582. The summed E-state index contributed by atoms with van der Waals surface area (Å²) in [5, 5.41) is 15.9. The standard InChI is InChI=1S/C4H10O2.C2H4O3/c1-4(5)3-6-2;1-5-2(3)4/h4-5H,3H2,1-2H3;1H3,(H,3,4). The highest BCUT2D eigenvalue weighted by Gasteiger charge is 1.87. The summed E-state index contributed by atoms with van der Waals surface area (Å²) in [6.45, 7) is 2.11. The molecule has 0 aromatic carbocycles. The van der Waals surface area contributed by atoms with Crippen LogP contribution in [0.15, 0.2) is 0 Å². The first kappa shape index (κ1) is 12.8. The number of aliphatic hydroxyl groups is 1. The van der Waals surface area contributed by atoms with Gasteiger partial charge in [-0.3, -0.25) is 0 Å². The molecule has 68 valence electrons. The van der Waals surface area contributed by atoms with Crippen LogP contribution in [0.3, 0.4) is 0 Å². The van der Waals surface area contributed by atoms with Gasteiger partial charge < -0.3 is 19.7 Å². The van der Waals surface area contributed by atoms with E-state index in [2.05, 4.69) is 9.47 Å². The van der Waals surface area contributed by atoms with Gasteiger partial charge in [0, 0.05) is 7.11 Å². The van der Waals surface area contributed by atoms with Gasteiger partial charge in [0.05, 0.1) is 19.8 Å². The molecule has 0 aromatic heterocycles. The molecule has 0 bridgehead atoms. The van der Waals surface area contributed by atoms with E-state index < -0.39 is 6.16 Å². The highest BCUT2D eigenvalue weighted by molar-refractivity contribution is 5.56. The second kappa shape index (κ2) is 9.19. The zero-order valence-corrected chi connectivity index (χ0v) is 6.90. The van der Waals surface area contributed by atoms with Gasteiger partial charge >= 0.3 is 6.16 Å². The van der Waals surface area contributed by atoms with E-state index in [0.29, 0.717) is 6.61 Å². The fourth-order valence-electron chi connectivity index (χ4n) is 0.241. The molecule has 0 radical (unpaired) electrons. The van der Waals surface area contributed by atoms with Gasteiger partial charge in [-0.15, -0.1) is 0 Å². The van der Waals surface area contributed by atoms with Gasteiger partial charge in [0.2, 0.25) is 0 Å². The van der Waals surface area contributed by atoms with Crippen LogP contribution in [0.4, 0.5) is 4.79 Å². The number of ether oxygens (including phenoxy) is 2. The van der Waals surface area contributed by atoms with E-state index in [0.717, 1.165) is 7.11 Å². The largest absolute Gasteiger partial charge is 0.505 e. The minimum absolute atomic E-state index is 0.324. The normalized spacial score (nSPS) is 10.9. The van der Waals surface area contributed by atoms with Crippen LogP contribution in [-0.2, 0) is 9.47 Å². The summed E-state index contributed by atoms with van der Waals surface area (Å²) >= 11 is 0. The smallest absolute Gasteiger partial charge is 0.450 e. The lowest BCUT2D eigenvalue weighted by Gasteiger charge is -1.97. The minimum Gasteiger partial charge on any atom is -0.450 e. The van der Waals surface area contributed by atoms with E-state index in [9.17, 15) is 0 Å². The number of hydrogen-bond acceptors (Lipinski definition) is 4. The number of methoxy groups -OCH3 is 2. The molecule has 0 rings (SSSR count). The summed E-state index contributed by atoms with van der Waals surface area (Å²) < 4.78 is 8.22. The number of rotatable bonds is 2. The second-order valence-electron chi connectivity index (χ2n) is 1.77. The lowest BCUT2D eigenvalue weighted by molar-refractivity contribution is 0.0765. The Labute approximate surface area is 65.5 Å². The monoisotopic (exact) mass is 166 g/mol. The molecule has 0 fully saturated rings. The SMILES string of the molecule is COC(=O)O.COCC(C)O. The van der Waals surface area contributed by atoms with E-state index in [-0.39, 0.29) is 6.10 Å². The number of carboxylic acid groups (broad SMARTS) is 1. The third-order valence-electron chi connectivity index (χ3n) is 0.582. The van der Waals surface area contributed by atoms with Gasteiger partial charge in [-0.05, 0) is 6.92 Å². The molecule has 2 N–H and O–H groups in total. The highest BCUT2D eigenvalue weighted by atomic mass is 16.6. The van der Waals surface area contributed by atoms with E-state index in [1.165, 1.54) is 0 Å². The van der Waals surface area contributed by atoms with Crippen LogP contribution in [0.1, 0.15) is 6.92 Å². The van der Waals surface area contributed by atoms with E-state index in [4.69, 9.17) is 15.0 Å². The zero-order valence-electron chi connectivity index (χ0n) is 6.90. The molecule has 0 amide bonds. The number of hydrogen-bond donors (Lipinski definition) is 2. The molecule has 11 heavy (non-hydrogen) atoms. The lowest BCUT2D eigenvalue weighted by Crippen LogP contribution is -2.07. The molecule has 0 aliphatic rings. The van der Waals surface area contributed by atoms with Crippen LogP contribution in [-0.4, -0.2) is 43.3 Å².